The summed E-state index contributed by atoms with van der Waals surface area (Å²) in [6, 6.07) is 8.60. The van der Waals surface area contributed by atoms with Crippen molar-refractivity contribution in [1.29, 1.82) is 0 Å². The average Bonchev–Trinajstić information content (AvgIpc) is 3.15. The summed E-state index contributed by atoms with van der Waals surface area (Å²) in [7, 11) is 0. The Hall–Kier alpha value is -2.27. The quantitative estimate of drug-likeness (QED) is 0.710. The highest BCUT2D eigenvalue weighted by molar-refractivity contribution is 7.18. The Morgan fingerprint density at radius 3 is 3.00 bits per heavy atom. The molecule has 1 aromatic carbocycles. The number of thiophene rings is 1. The van der Waals surface area contributed by atoms with Gasteiger partial charge in [0, 0.05) is 17.0 Å². The van der Waals surface area contributed by atoms with Gasteiger partial charge in [-0.3, -0.25) is 9.36 Å². The van der Waals surface area contributed by atoms with Gasteiger partial charge in [-0.15, -0.1) is 11.3 Å². The van der Waals surface area contributed by atoms with Gasteiger partial charge in [-0.2, -0.15) is 0 Å². The molecule has 116 valence electrons. The molecule has 3 aromatic rings. The van der Waals surface area contributed by atoms with Gasteiger partial charge in [0.15, 0.2) is 0 Å². The molecular weight excluding hydrogens is 311 g/mol. The van der Waals surface area contributed by atoms with Gasteiger partial charge in [-0.1, -0.05) is 25.1 Å². The van der Waals surface area contributed by atoms with Crippen LogP contribution in [0.5, 0.6) is 0 Å². The molecule has 0 bridgehead atoms. The summed E-state index contributed by atoms with van der Waals surface area (Å²) in [4.78, 5) is 19.3. The van der Waals surface area contributed by atoms with Crippen LogP contribution in [0.15, 0.2) is 35.1 Å². The fourth-order valence-electron chi connectivity index (χ4n) is 2.95. The van der Waals surface area contributed by atoms with Gasteiger partial charge in [0.2, 0.25) is 0 Å². The molecular formula is C18H15FN2OS. The number of benzene rings is 1. The van der Waals surface area contributed by atoms with E-state index in [1.807, 2.05) is 6.07 Å². The number of nitrogens with zero attached hydrogens (tertiary/aromatic N) is 2. The number of aryl methyl sites for hydroxylation is 1. The summed E-state index contributed by atoms with van der Waals surface area (Å²) in [6.45, 7) is 2.67. The number of halogens is 1. The number of allylic oxidation sites excluding steroid dienone is 1. The highest BCUT2D eigenvalue weighted by Crippen LogP contribution is 2.30. The first-order valence-electron chi connectivity index (χ1n) is 7.66. The summed E-state index contributed by atoms with van der Waals surface area (Å²) >= 11 is 1.56. The Labute approximate surface area is 136 Å². The molecule has 0 amide bonds. The van der Waals surface area contributed by atoms with Crippen LogP contribution in [0, 0.1) is 5.82 Å². The zero-order valence-electron chi connectivity index (χ0n) is 12.7. The van der Waals surface area contributed by atoms with E-state index in [1.54, 1.807) is 40.2 Å². The molecule has 0 saturated carbocycles. The lowest BCUT2D eigenvalue weighted by Crippen LogP contribution is -2.19. The predicted octanol–water partition coefficient (Wildman–Crippen LogP) is 4.10. The number of rotatable bonds is 2. The SMILES string of the molecule is CCc1cc2c(=O)n3c(nc2s1)/C(=C/c1ccccc1F)CC3. The lowest BCUT2D eigenvalue weighted by molar-refractivity contribution is 0.625. The van der Waals surface area contributed by atoms with Crippen molar-refractivity contribution in [1.82, 2.24) is 9.55 Å². The number of fused-ring (bicyclic) bond motifs is 2. The molecule has 3 nitrogen and oxygen atoms in total. The molecule has 1 aliphatic heterocycles. The van der Waals surface area contributed by atoms with Crippen LogP contribution >= 0.6 is 11.3 Å². The lowest BCUT2D eigenvalue weighted by Gasteiger charge is -2.03. The van der Waals surface area contributed by atoms with E-state index in [0.717, 1.165) is 21.7 Å². The van der Waals surface area contributed by atoms with E-state index >= 15 is 0 Å². The molecule has 0 unspecified atom stereocenters. The second-order valence-electron chi connectivity index (χ2n) is 5.62. The van der Waals surface area contributed by atoms with Gasteiger partial charge in [0.05, 0.1) is 5.39 Å². The van der Waals surface area contributed by atoms with Crippen LogP contribution in [0.2, 0.25) is 0 Å². The molecule has 3 heterocycles. The van der Waals surface area contributed by atoms with Crippen LogP contribution in [0.3, 0.4) is 0 Å². The van der Waals surface area contributed by atoms with E-state index in [4.69, 9.17) is 0 Å². The smallest absolute Gasteiger partial charge is 0.262 e. The van der Waals surface area contributed by atoms with Gasteiger partial charge >= 0.3 is 0 Å². The van der Waals surface area contributed by atoms with Crippen LogP contribution in [0.25, 0.3) is 21.9 Å². The maximum atomic E-state index is 13.9. The van der Waals surface area contributed by atoms with Crippen LogP contribution < -0.4 is 5.56 Å². The van der Waals surface area contributed by atoms with Gasteiger partial charge in [0.1, 0.15) is 16.5 Å². The van der Waals surface area contributed by atoms with Crippen molar-refractivity contribution in [3.05, 3.63) is 62.8 Å². The first-order valence-corrected chi connectivity index (χ1v) is 8.47. The Balaban J connectivity index is 1.90. The highest BCUT2D eigenvalue weighted by atomic mass is 32.1. The monoisotopic (exact) mass is 326 g/mol. The fourth-order valence-corrected chi connectivity index (χ4v) is 3.91. The summed E-state index contributed by atoms with van der Waals surface area (Å²) in [5.41, 5.74) is 1.46. The molecule has 4 rings (SSSR count). The van der Waals surface area contributed by atoms with Gasteiger partial charge in [-0.05, 0) is 36.6 Å². The van der Waals surface area contributed by atoms with E-state index in [1.165, 1.54) is 6.07 Å². The maximum Gasteiger partial charge on any atom is 0.262 e. The summed E-state index contributed by atoms with van der Waals surface area (Å²) < 4.78 is 15.6. The highest BCUT2D eigenvalue weighted by Gasteiger charge is 2.22. The normalized spacial score (nSPS) is 15.5. The third-order valence-electron chi connectivity index (χ3n) is 4.18. The Kier molecular flexibility index (Phi) is 3.38. The van der Waals surface area contributed by atoms with Crippen molar-refractivity contribution in [2.24, 2.45) is 0 Å². The van der Waals surface area contributed by atoms with Gasteiger partial charge < -0.3 is 0 Å². The van der Waals surface area contributed by atoms with Crippen LogP contribution in [-0.2, 0) is 13.0 Å². The number of hydrogen-bond acceptors (Lipinski definition) is 3. The predicted molar refractivity (Wildman–Crippen MR) is 92.1 cm³/mol. The molecule has 5 heteroatoms. The van der Waals surface area contributed by atoms with Crippen molar-refractivity contribution < 1.29 is 4.39 Å². The summed E-state index contributed by atoms with van der Waals surface area (Å²) in [5, 5.41) is 0.697. The topological polar surface area (TPSA) is 34.9 Å². The molecule has 0 spiro atoms. The van der Waals surface area contributed by atoms with Crippen molar-refractivity contribution in [3.8, 4) is 0 Å². The molecule has 0 radical (unpaired) electrons. The molecule has 23 heavy (non-hydrogen) atoms. The van der Waals surface area contributed by atoms with Crippen molar-refractivity contribution in [2.75, 3.05) is 0 Å². The van der Waals surface area contributed by atoms with Crippen molar-refractivity contribution in [3.63, 3.8) is 0 Å². The lowest BCUT2D eigenvalue weighted by atomic mass is 10.1. The standard InChI is InChI=1S/C18H15FN2OS/c1-2-13-10-14-17(23-13)20-16-12(7-8-21(16)18(14)22)9-11-5-3-4-6-15(11)19/h3-6,9-10H,2,7-8H2,1H3/b12-9+. The number of aromatic nitrogens is 2. The van der Waals surface area contributed by atoms with E-state index < -0.39 is 0 Å². The van der Waals surface area contributed by atoms with Gasteiger partial charge in [0.25, 0.3) is 5.56 Å². The molecule has 1 aliphatic rings. The van der Waals surface area contributed by atoms with Crippen LogP contribution in [0.1, 0.15) is 29.6 Å². The average molecular weight is 326 g/mol. The van der Waals surface area contributed by atoms with E-state index in [-0.39, 0.29) is 11.4 Å². The molecule has 0 N–H and O–H groups in total. The number of hydrogen-bond donors (Lipinski definition) is 0. The van der Waals surface area contributed by atoms with Crippen molar-refractivity contribution in [2.45, 2.75) is 26.3 Å². The van der Waals surface area contributed by atoms with Crippen LogP contribution in [-0.4, -0.2) is 9.55 Å². The fraction of sp³-hybridized carbons (Fsp3) is 0.222. The second-order valence-corrected chi connectivity index (χ2v) is 6.73. The van der Waals surface area contributed by atoms with Crippen LogP contribution in [0.4, 0.5) is 4.39 Å². The maximum absolute atomic E-state index is 13.9. The minimum Gasteiger partial charge on any atom is -0.292 e. The van der Waals surface area contributed by atoms with E-state index in [2.05, 4.69) is 11.9 Å². The Morgan fingerprint density at radius 1 is 1.39 bits per heavy atom. The minimum absolute atomic E-state index is 0.0119. The van der Waals surface area contributed by atoms with Crippen molar-refractivity contribution >= 4 is 33.2 Å². The molecule has 0 fully saturated rings. The Morgan fingerprint density at radius 2 is 2.22 bits per heavy atom. The van der Waals surface area contributed by atoms with Gasteiger partial charge in [-0.25, -0.2) is 9.37 Å². The zero-order valence-corrected chi connectivity index (χ0v) is 13.5. The van der Waals surface area contributed by atoms with E-state index in [9.17, 15) is 9.18 Å². The second kappa shape index (κ2) is 5.42. The molecule has 0 saturated heterocycles. The minimum atomic E-state index is -0.258. The third kappa shape index (κ3) is 2.32. The third-order valence-corrected chi connectivity index (χ3v) is 5.35. The molecule has 0 aliphatic carbocycles. The molecule has 2 aromatic heterocycles. The summed E-state index contributed by atoms with van der Waals surface area (Å²) in [5.74, 6) is 0.418. The van der Waals surface area contributed by atoms with E-state index in [0.29, 0.717) is 29.7 Å². The summed E-state index contributed by atoms with van der Waals surface area (Å²) in [6.07, 6.45) is 3.41. The largest absolute Gasteiger partial charge is 0.292 e. The first-order chi connectivity index (χ1) is 11.2. The zero-order chi connectivity index (χ0) is 16.0. The first kappa shape index (κ1) is 14.3. The Bertz CT molecular complexity index is 1000. The molecule has 0 atom stereocenters.